The number of ether oxygens (including phenoxy) is 1. The number of H-pyrrole nitrogens is 1. The Hall–Kier alpha value is -1.04. The van der Waals surface area contributed by atoms with Gasteiger partial charge in [0.15, 0.2) is 5.69 Å². The summed E-state index contributed by atoms with van der Waals surface area (Å²) in [5, 5.41) is 15.0. The molecule has 1 fully saturated rings. The van der Waals surface area contributed by atoms with Gasteiger partial charge < -0.3 is 9.84 Å². The van der Waals surface area contributed by atoms with Crippen molar-refractivity contribution in [2.45, 2.75) is 31.8 Å². The van der Waals surface area contributed by atoms with Crippen LogP contribution in [0.3, 0.4) is 0 Å². The molecule has 0 unspecified atom stereocenters. The van der Waals surface area contributed by atoms with Gasteiger partial charge in [-0.3, -0.25) is 5.10 Å². The van der Waals surface area contributed by atoms with E-state index in [1.54, 1.807) is 0 Å². The van der Waals surface area contributed by atoms with Gasteiger partial charge in [-0.15, -0.1) is 5.10 Å². The monoisotopic (exact) mass is 274 g/mol. The molecule has 1 heterocycles. The quantitative estimate of drug-likeness (QED) is 0.886. The molecule has 2 rings (SSSR count). The number of aromatic amines is 1. The molecule has 1 aromatic rings. The Labute approximate surface area is 94.9 Å². The normalized spacial score (nSPS) is 16.9. The number of hydrogen-bond donors (Lipinski definition) is 2. The maximum Gasteiger partial charge on any atom is 0.355 e. The summed E-state index contributed by atoms with van der Waals surface area (Å²) < 4.78 is 5.97. The Kier molecular flexibility index (Phi) is 2.95. The van der Waals surface area contributed by atoms with Crippen LogP contribution in [0.2, 0.25) is 0 Å². The first-order chi connectivity index (χ1) is 7.18. The molecule has 15 heavy (non-hydrogen) atoms. The van der Waals surface area contributed by atoms with Gasteiger partial charge in [0, 0.05) is 0 Å². The first-order valence-electron chi connectivity index (χ1n) is 4.82. The first kappa shape index (κ1) is 10.5. The van der Waals surface area contributed by atoms with Crippen molar-refractivity contribution in [3.05, 3.63) is 10.2 Å². The predicted molar refractivity (Wildman–Crippen MR) is 56.1 cm³/mol. The van der Waals surface area contributed by atoms with E-state index in [1.807, 2.05) is 0 Å². The number of carboxylic acid groups (broad SMARTS) is 1. The van der Waals surface area contributed by atoms with Gasteiger partial charge in [-0.05, 0) is 41.6 Å². The van der Waals surface area contributed by atoms with E-state index in [0.29, 0.717) is 10.4 Å². The molecule has 1 aliphatic carbocycles. The summed E-state index contributed by atoms with van der Waals surface area (Å²) in [4.78, 5) is 10.7. The summed E-state index contributed by atoms with van der Waals surface area (Å²) in [6, 6.07) is 0. The topological polar surface area (TPSA) is 75.2 Å². The molecule has 0 aliphatic heterocycles. The van der Waals surface area contributed by atoms with Crippen LogP contribution in [0.15, 0.2) is 4.47 Å². The lowest BCUT2D eigenvalue weighted by atomic mass is 10.3. The third-order valence-electron chi connectivity index (χ3n) is 2.47. The van der Waals surface area contributed by atoms with E-state index < -0.39 is 5.97 Å². The van der Waals surface area contributed by atoms with Crippen LogP contribution in [0, 0.1) is 0 Å². The molecule has 0 radical (unpaired) electrons. The molecular weight excluding hydrogens is 264 g/mol. The van der Waals surface area contributed by atoms with Crippen molar-refractivity contribution in [1.82, 2.24) is 10.2 Å². The van der Waals surface area contributed by atoms with Crippen molar-refractivity contribution in [1.29, 1.82) is 0 Å². The maximum absolute atomic E-state index is 10.7. The van der Waals surface area contributed by atoms with E-state index >= 15 is 0 Å². The standard InChI is InChI=1S/C9H11BrN2O3/c10-6-7(9(13)14)11-12-8(6)15-5-3-1-2-4-5/h5H,1-4H2,(H,11,12)(H,13,14). The second-order valence-electron chi connectivity index (χ2n) is 3.55. The zero-order valence-corrected chi connectivity index (χ0v) is 9.58. The molecule has 0 aromatic carbocycles. The second kappa shape index (κ2) is 4.22. The molecule has 2 N–H and O–H groups in total. The summed E-state index contributed by atoms with van der Waals surface area (Å²) in [6.07, 6.45) is 4.53. The largest absolute Gasteiger partial charge is 0.476 e. The van der Waals surface area contributed by atoms with Crippen molar-refractivity contribution in [3.8, 4) is 5.88 Å². The average Bonchev–Trinajstić information content (AvgIpc) is 2.78. The summed E-state index contributed by atoms with van der Waals surface area (Å²) in [5.74, 6) is -0.699. The van der Waals surface area contributed by atoms with Crippen LogP contribution < -0.4 is 4.74 Å². The summed E-state index contributed by atoms with van der Waals surface area (Å²) in [6.45, 7) is 0. The van der Waals surface area contributed by atoms with Crippen LogP contribution in [0.5, 0.6) is 5.88 Å². The van der Waals surface area contributed by atoms with Gasteiger partial charge in [-0.1, -0.05) is 0 Å². The van der Waals surface area contributed by atoms with E-state index in [2.05, 4.69) is 26.1 Å². The number of rotatable bonds is 3. The van der Waals surface area contributed by atoms with E-state index in [9.17, 15) is 4.79 Å². The number of aromatic nitrogens is 2. The summed E-state index contributed by atoms with van der Waals surface area (Å²) >= 11 is 3.16. The highest BCUT2D eigenvalue weighted by Crippen LogP contribution is 2.30. The van der Waals surface area contributed by atoms with Gasteiger partial charge in [-0.25, -0.2) is 4.79 Å². The van der Waals surface area contributed by atoms with Crippen LogP contribution in [0.25, 0.3) is 0 Å². The predicted octanol–water partition coefficient (Wildman–Crippen LogP) is 2.19. The number of halogens is 1. The lowest BCUT2D eigenvalue weighted by Crippen LogP contribution is -2.11. The molecule has 1 aromatic heterocycles. The Balaban J connectivity index is 2.11. The maximum atomic E-state index is 10.7. The molecule has 0 bridgehead atoms. The van der Waals surface area contributed by atoms with Gasteiger partial charge in [0.25, 0.3) is 0 Å². The number of carbonyl (C=O) groups is 1. The minimum absolute atomic E-state index is 0.0306. The van der Waals surface area contributed by atoms with Gasteiger partial charge in [0.05, 0.1) is 0 Å². The molecule has 0 amide bonds. The van der Waals surface area contributed by atoms with Crippen LogP contribution in [0.1, 0.15) is 36.2 Å². The zero-order valence-electron chi connectivity index (χ0n) is 7.99. The molecule has 0 spiro atoms. The lowest BCUT2D eigenvalue weighted by Gasteiger charge is -2.09. The zero-order chi connectivity index (χ0) is 10.8. The van der Waals surface area contributed by atoms with Crippen LogP contribution in [-0.4, -0.2) is 27.4 Å². The van der Waals surface area contributed by atoms with Crippen LogP contribution in [-0.2, 0) is 0 Å². The van der Waals surface area contributed by atoms with Gasteiger partial charge in [0.1, 0.15) is 10.6 Å². The fourth-order valence-corrected chi connectivity index (χ4v) is 2.14. The highest BCUT2D eigenvalue weighted by molar-refractivity contribution is 9.10. The van der Waals surface area contributed by atoms with Gasteiger partial charge in [0.2, 0.25) is 5.88 Å². The lowest BCUT2D eigenvalue weighted by molar-refractivity contribution is 0.0689. The van der Waals surface area contributed by atoms with E-state index in [-0.39, 0.29) is 11.8 Å². The molecule has 5 nitrogen and oxygen atoms in total. The molecule has 1 saturated carbocycles. The van der Waals surface area contributed by atoms with Gasteiger partial charge in [-0.2, -0.15) is 0 Å². The Morgan fingerprint density at radius 3 is 2.73 bits per heavy atom. The van der Waals surface area contributed by atoms with Crippen LogP contribution >= 0.6 is 15.9 Å². The summed E-state index contributed by atoms with van der Waals surface area (Å²) in [7, 11) is 0. The van der Waals surface area contributed by atoms with Crippen molar-refractivity contribution in [2.24, 2.45) is 0 Å². The Morgan fingerprint density at radius 1 is 1.53 bits per heavy atom. The number of nitrogens with one attached hydrogen (secondary N) is 1. The van der Waals surface area contributed by atoms with Crippen molar-refractivity contribution < 1.29 is 14.6 Å². The Morgan fingerprint density at radius 2 is 2.20 bits per heavy atom. The third-order valence-corrected chi connectivity index (χ3v) is 3.21. The first-order valence-corrected chi connectivity index (χ1v) is 5.61. The molecule has 82 valence electrons. The molecule has 6 heteroatoms. The van der Waals surface area contributed by atoms with Crippen molar-refractivity contribution in [2.75, 3.05) is 0 Å². The molecule has 0 saturated heterocycles. The summed E-state index contributed by atoms with van der Waals surface area (Å²) in [5.41, 5.74) is 0.0306. The highest BCUT2D eigenvalue weighted by atomic mass is 79.9. The fourth-order valence-electron chi connectivity index (χ4n) is 1.70. The number of hydrogen-bond acceptors (Lipinski definition) is 3. The van der Waals surface area contributed by atoms with E-state index in [4.69, 9.17) is 9.84 Å². The number of nitrogens with zero attached hydrogens (tertiary/aromatic N) is 1. The number of aromatic carboxylic acids is 1. The Bertz CT molecular complexity index is 371. The molecular formula is C9H11BrN2O3. The van der Waals surface area contributed by atoms with Crippen molar-refractivity contribution >= 4 is 21.9 Å². The highest BCUT2D eigenvalue weighted by Gasteiger charge is 2.22. The van der Waals surface area contributed by atoms with Crippen molar-refractivity contribution in [3.63, 3.8) is 0 Å². The third kappa shape index (κ3) is 2.14. The average molecular weight is 275 g/mol. The van der Waals surface area contributed by atoms with Gasteiger partial charge >= 0.3 is 5.97 Å². The van der Waals surface area contributed by atoms with Crippen LogP contribution in [0.4, 0.5) is 0 Å². The smallest absolute Gasteiger partial charge is 0.355 e. The minimum atomic E-state index is -1.05. The van der Waals surface area contributed by atoms with E-state index in [1.165, 1.54) is 12.8 Å². The fraction of sp³-hybridized carbons (Fsp3) is 0.556. The second-order valence-corrected chi connectivity index (χ2v) is 4.34. The minimum Gasteiger partial charge on any atom is -0.476 e. The number of carboxylic acids is 1. The molecule has 1 aliphatic rings. The van der Waals surface area contributed by atoms with E-state index in [0.717, 1.165) is 12.8 Å². The molecule has 0 atom stereocenters. The SMILES string of the molecule is O=C(O)c1[nH]nc(OC2CCCC2)c1Br.